The molecule has 1 aliphatic heterocycles. The van der Waals surface area contributed by atoms with Gasteiger partial charge in [0.15, 0.2) is 0 Å². The molecule has 0 bridgehead atoms. The number of benzene rings is 3. The molecule has 2 N–H and O–H groups in total. The van der Waals surface area contributed by atoms with E-state index in [9.17, 15) is 13.2 Å². The van der Waals surface area contributed by atoms with Gasteiger partial charge in [0, 0.05) is 24.6 Å². The Labute approximate surface area is 204 Å². The summed E-state index contributed by atoms with van der Waals surface area (Å²) in [6.45, 7) is 1.14. The summed E-state index contributed by atoms with van der Waals surface area (Å²) in [6, 6.07) is 20.8. The van der Waals surface area contributed by atoms with Crippen molar-refractivity contribution < 1.29 is 17.9 Å². The van der Waals surface area contributed by atoms with E-state index in [0.717, 1.165) is 29.7 Å². The number of anilines is 1. The van der Waals surface area contributed by atoms with Crippen molar-refractivity contribution in [2.45, 2.75) is 23.7 Å². The molecule has 1 aliphatic rings. The van der Waals surface area contributed by atoms with Crippen molar-refractivity contribution in [3.63, 3.8) is 0 Å². The van der Waals surface area contributed by atoms with Crippen LogP contribution in [0.1, 0.15) is 34.9 Å². The smallest absolute Gasteiger partial charge is 0.262 e. The van der Waals surface area contributed by atoms with Gasteiger partial charge in [0.1, 0.15) is 11.6 Å². The van der Waals surface area contributed by atoms with Gasteiger partial charge < -0.3 is 14.6 Å². The van der Waals surface area contributed by atoms with Crippen LogP contribution in [0.3, 0.4) is 0 Å². The molecular formula is C26H26N4O4S. The van der Waals surface area contributed by atoms with E-state index in [-0.39, 0.29) is 16.7 Å². The second kappa shape index (κ2) is 9.42. The van der Waals surface area contributed by atoms with Gasteiger partial charge in [-0.25, -0.2) is 13.4 Å². The number of aromatic amines is 1. The van der Waals surface area contributed by atoms with Crippen LogP contribution in [-0.4, -0.2) is 49.4 Å². The average molecular weight is 491 g/mol. The summed E-state index contributed by atoms with van der Waals surface area (Å²) < 4.78 is 33.9. The van der Waals surface area contributed by atoms with Crippen molar-refractivity contribution in [3.8, 4) is 5.75 Å². The van der Waals surface area contributed by atoms with Crippen LogP contribution in [0, 0.1) is 0 Å². The first-order chi connectivity index (χ1) is 16.9. The molecule has 2 heterocycles. The Morgan fingerprint density at radius 2 is 1.89 bits per heavy atom. The number of aromatic nitrogens is 2. The van der Waals surface area contributed by atoms with Crippen molar-refractivity contribution in [1.82, 2.24) is 14.9 Å². The number of hydrogen-bond acceptors (Lipinski definition) is 5. The third-order valence-corrected chi connectivity index (χ3v) is 7.61. The minimum absolute atomic E-state index is 0.0140. The maximum Gasteiger partial charge on any atom is 0.262 e. The Hall–Kier alpha value is -3.85. The fraction of sp³-hybridized carbons (Fsp3) is 0.231. The number of hydrogen-bond donors (Lipinski definition) is 2. The van der Waals surface area contributed by atoms with E-state index >= 15 is 0 Å². The number of nitrogens with zero attached hydrogens (tertiary/aromatic N) is 2. The number of rotatable bonds is 6. The maximum atomic E-state index is 13.3. The van der Waals surface area contributed by atoms with E-state index in [2.05, 4.69) is 9.71 Å². The lowest BCUT2D eigenvalue weighted by Crippen LogP contribution is -2.39. The Morgan fingerprint density at radius 1 is 1.09 bits per heavy atom. The molecule has 1 amide bonds. The Balaban J connectivity index is 1.35. The van der Waals surface area contributed by atoms with Crippen molar-refractivity contribution >= 4 is 32.7 Å². The van der Waals surface area contributed by atoms with E-state index in [1.807, 2.05) is 24.3 Å². The number of carbonyl (C=O) groups excluding carboxylic acids is 1. The van der Waals surface area contributed by atoms with Gasteiger partial charge in [-0.05, 0) is 55.3 Å². The van der Waals surface area contributed by atoms with Crippen LogP contribution in [0.5, 0.6) is 5.75 Å². The fourth-order valence-electron chi connectivity index (χ4n) is 4.46. The van der Waals surface area contributed by atoms with Crippen LogP contribution in [0.25, 0.3) is 11.0 Å². The summed E-state index contributed by atoms with van der Waals surface area (Å²) in [5.41, 5.74) is 2.55. The number of imidazole rings is 1. The first kappa shape index (κ1) is 22.9. The number of sulfonamides is 1. The number of nitrogens with one attached hydrogen (secondary N) is 2. The molecule has 35 heavy (non-hydrogen) atoms. The molecule has 4 aromatic rings. The Bertz CT molecular complexity index is 1450. The van der Waals surface area contributed by atoms with Crippen LogP contribution in [-0.2, 0) is 10.0 Å². The van der Waals surface area contributed by atoms with Gasteiger partial charge in [-0.2, -0.15) is 0 Å². The largest absolute Gasteiger partial charge is 0.495 e. The summed E-state index contributed by atoms with van der Waals surface area (Å²) in [4.78, 5) is 23.2. The second-order valence-electron chi connectivity index (χ2n) is 8.56. The van der Waals surface area contributed by atoms with Gasteiger partial charge in [0.2, 0.25) is 0 Å². The summed E-state index contributed by atoms with van der Waals surface area (Å²) in [5, 5.41) is 0. The van der Waals surface area contributed by atoms with Gasteiger partial charge >= 0.3 is 0 Å². The highest BCUT2D eigenvalue weighted by Crippen LogP contribution is 2.29. The minimum atomic E-state index is -3.92. The highest BCUT2D eigenvalue weighted by molar-refractivity contribution is 7.92. The molecular weight excluding hydrogens is 464 g/mol. The quantitative estimate of drug-likeness (QED) is 0.417. The number of amides is 1. The van der Waals surface area contributed by atoms with Crippen LogP contribution in [0.4, 0.5) is 5.69 Å². The average Bonchev–Trinajstić information content (AvgIpc) is 3.33. The Kier molecular flexibility index (Phi) is 6.17. The van der Waals surface area contributed by atoms with Crippen LogP contribution in [0.15, 0.2) is 77.7 Å². The van der Waals surface area contributed by atoms with Gasteiger partial charge in [-0.1, -0.05) is 30.3 Å². The van der Waals surface area contributed by atoms with Crippen LogP contribution < -0.4 is 9.46 Å². The zero-order chi connectivity index (χ0) is 24.4. The highest BCUT2D eigenvalue weighted by Gasteiger charge is 2.28. The normalized spacial score (nSPS) is 16.3. The Morgan fingerprint density at radius 3 is 2.71 bits per heavy atom. The molecule has 0 spiro atoms. The van der Waals surface area contributed by atoms with E-state index in [1.54, 1.807) is 41.3 Å². The highest BCUT2D eigenvalue weighted by atomic mass is 32.2. The van der Waals surface area contributed by atoms with Crippen molar-refractivity contribution in [3.05, 3.63) is 84.2 Å². The van der Waals surface area contributed by atoms with E-state index < -0.39 is 10.0 Å². The molecule has 180 valence electrons. The SMILES string of the molecule is COc1ccccc1NS(=O)(=O)c1cccc(C(=O)N2CCC[C@H](c3nc4ccccc4[nH]3)C2)c1. The first-order valence-electron chi connectivity index (χ1n) is 11.4. The number of methoxy groups -OCH3 is 1. The lowest BCUT2D eigenvalue weighted by Gasteiger charge is -2.32. The predicted molar refractivity (Wildman–Crippen MR) is 134 cm³/mol. The molecule has 1 atom stereocenters. The lowest BCUT2D eigenvalue weighted by molar-refractivity contribution is 0.0704. The molecule has 0 unspecified atom stereocenters. The van der Waals surface area contributed by atoms with Crippen LogP contribution >= 0.6 is 0 Å². The number of carbonyl (C=O) groups is 1. The zero-order valence-electron chi connectivity index (χ0n) is 19.3. The van der Waals surface area contributed by atoms with Crippen molar-refractivity contribution in [2.75, 3.05) is 24.9 Å². The minimum Gasteiger partial charge on any atom is -0.495 e. The zero-order valence-corrected chi connectivity index (χ0v) is 20.1. The number of H-pyrrole nitrogens is 1. The van der Waals surface area contributed by atoms with E-state index in [1.165, 1.54) is 19.2 Å². The molecule has 0 radical (unpaired) electrons. The third kappa shape index (κ3) is 4.72. The summed E-state index contributed by atoms with van der Waals surface area (Å²) >= 11 is 0. The van der Waals surface area contributed by atoms with Gasteiger partial charge in [-0.15, -0.1) is 0 Å². The molecule has 8 nitrogen and oxygen atoms in total. The van der Waals surface area contributed by atoms with E-state index in [0.29, 0.717) is 30.1 Å². The number of para-hydroxylation sites is 4. The maximum absolute atomic E-state index is 13.3. The molecule has 0 aliphatic carbocycles. The van der Waals surface area contributed by atoms with Crippen molar-refractivity contribution in [1.29, 1.82) is 0 Å². The van der Waals surface area contributed by atoms with E-state index in [4.69, 9.17) is 9.72 Å². The summed E-state index contributed by atoms with van der Waals surface area (Å²) in [5.74, 6) is 1.19. The third-order valence-electron chi connectivity index (χ3n) is 6.25. The number of likely N-dealkylation sites (tertiary alicyclic amines) is 1. The van der Waals surface area contributed by atoms with Crippen molar-refractivity contribution in [2.24, 2.45) is 0 Å². The molecule has 5 rings (SSSR count). The molecule has 1 fully saturated rings. The monoisotopic (exact) mass is 490 g/mol. The molecule has 1 saturated heterocycles. The first-order valence-corrected chi connectivity index (χ1v) is 12.9. The fourth-order valence-corrected chi connectivity index (χ4v) is 5.58. The van der Waals surface area contributed by atoms with Gasteiger partial charge in [0.25, 0.3) is 15.9 Å². The number of fused-ring (bicyclic) bond motifs is 1. The number of ether oxygens (including phenoxy) is 1. The molecule has 3 aromatic carbocycles. The van der Waals surface area contributed by atoms with Crippen LogP contribution in [0.2, 0.25) is 0 Å². The molecule has 9 heteroatoms. The lowest BCUT2D eigenvalue weighted by atomic mass is 9.96. The molecule has 1 aromatic heterocycles. The second-order valence-corrected chi connectivity index (χ2v) is 10.2. The summed E-state index contributed by atoms with van der Waals surface area (Å²) in [7, 11) is -2.44. The summed E-state index contributed by atoms with van der Waals surface area (Å²) in [6.07, 6.45) is 1.78. The van der Waals surface area contributed by atoms with Gasteiger partial charge in [0.05, 0.1) is 28.7 Å². The topological polar surface area (TPSA) is 104 Å². The predicted octanol–water partition coefficient (Wildman–Crippen LogP) is 4.39. The molecule has 0 saturated carbocycles. The van der Waals surface area contributed by atoms with Gasteiger partial charge in [-0.3, -0.25) is 9.52 Å². The number of piperidine rings is 1. The standard InChI is InChI=1S/C26H26N4O4S/c1-34-24-14-5-4-13-23(24)29-35(32,33)20-10-6-8-18(16-20)26(31)30-15-7-9-19(17-30)25-27-21-11-2-3-12-22(21)28-25/h2-6,8,10-14,16,19,29H,7,9,15,17H2,1H3,(H,27,28)/t19-/m0/s1.